The van der Waals surface area contributed by atoms with Gasteiger partial charge in [-0.1, -0.05) is 12.1 Å². The van der Waals surface area contributed by atoms with Crippen LogP contribution in [0.5, 0.6) is 0 Å². The molecule has 1 aliphatic rings. The van der Waals surface area contributed by atoms with Crippen LogP contribution in [0.1, 0.15) is 25.3 Å². The highest BCUT2D eigenvalue weighted by atomic mass is 32.1. The lowest BCUT2D eigenvalue weighted by Gasteiger charge is -2.35. The van der Waals surface area contributed by atoms with Gasteiger partial charge >= 0.3 is 0 Å². The molecule has 0 spiro atoms. The Morgan fingerprint density at radius 2 is 1.81 bits per heavy atom. The summed E-state index contributed by atoms with van der Waals surface area (Å²) in [6.07, 6.45) is 1.19. The van der Waals surface area contributed by atoms with Crippen LogP contribution in [0, 0.1) is 0 Å². The fourth-order valence-corrected chi connectivity index (χ4v) is 4.39. The number of para-hydroxylation sites is 1. The van der Waals surface area contributed by atoms with Crippen molar-refractivity contribution >= 4 is 33.4 Å². The van der Waals surface area contributed by atoms with Gasteiger partial charge in [0.15, 0.2) is 0 Å². The first-order valence-corrected chi connectivity index (χ1v) is 10.5. The molecule has 146 valence electrons. The maximum absolute atomic E-state index is 12.5. The van der Waals surface area contributed by atoms with E-state index in [1.165, 1.54) is 4.70 Å². The van der Waals surface area contributed by atoms with E-state index in [1.54, 1.807) is 11.3 Å². The number of carbonyl (C=O) groups excluding carboxylic acids is 2. The molecule has 2 heterocycles. The lowest BCUT2D eigenvalue weighted by molar-refractivity contribution is -0.135. The van der Waals surface area contributed by atoms with E-state index in [0.717, 1.165) is 36.7 Å². The molecule has 7 heteroatoms. The summed E-state index contributed by atoms with van der Waals surface area (Å²) in [6, 6.07) is 8.08. The third kappa shape index (κ3) is 5.05. The van der Waals surface area contributed by atoms with E-state index in [4.69, 9.17) is 0 Å². The van der Waals surface area contributed by atoms with Crippen molar-refractivity contribution in [3.05, 3.63) is 29.3 Å². The number of hydrogen-bond donors (Lipinski definition) is 0. The molecule has 0 aliphatic carbocycles. The summed E-state index contributed by atoms with van der Waals surface area (Å²) < 4.78 is 1.17. The standard InChI is InChI=1S/C20H28N4O2S/c1-3-23(4-2)20(26)15-22-11-13-24(14-12-22)19(25)10-9-18-21-16-7-5-6-8-17(16)27-18/h5-8H,3-4,9-15H2,1-2H3. The predicted octanol–water partition coefficient (Wildman–Crippen LogP) is 2.24. The summed E-state index contributed by atoms with van der Waals surface area (Å²) in [4.78, 5) is 35.3. The average molecular weight is 389 g/mol. The molecule has 1 aromatic heterocycles. The SMILES string of the molecule is CCN(CC)C(=O)CN1CCN(C(=O)CCc2nc3ccccc3s2)CC1. The minimum absolute atomic E-state index is 0.176. The van der Waals surface area contributed by atoms with E-state index in [-0.39, 0.29) is 11.8 Å². The Hall–Kier alpha value is -1.99. The molecule has 6 nitrogen and oxygen atoms in total. The van der Waals surface area contributed by atoms with E-state index < -0.39 is 0 Å². The number of thiazole rings is 1. The van der Waals surface area contributed by atoms with Gasteiger partial charge in [-0.2, -0.15) is 0 Å². The fraction of sp³-hybridized carbons (Fsp3) is 0.550. The normalized spacial score (nSPS) is 15.3. The van der Waals surface area contributed by atoms with Crippen molar-refractivity contribution in [1.82, 2.24) is 19.7 Å². The topological polar surface area (TPSA) is 56.8 Å². The number of benzene rings is 1. The fourth-order valence-electron chi connectivity index (χ4n) is 3.42. The largest absolute Gasteiger partial charge is 0.342 e. The van der Waals surface area contributed by atoms with Gasteiger partial charge < -0.3 is 9.80 Å². The van der Waals surface area contributed by atoms with Crippen molar-refractivity contribution in [2.24, 2.45) is 0 Å². The molecule has 0 atom stereocenters. The van der Waals surface area contributed by atoms with Gasteiger partial charge in [-0.3, -0.25) is 14.5 Å². The number of aromatic nitrogens is 1. The van der Waals surface area contributed by atoms with E-state index >= 15 is 0 Å². The van der Waals surface area contributed by atoms with Crippen molar-refractivity contribution in [3.63, 3.8) is 0 Å². The number of carbonyl (C=O) groups is 2. The summed E-state index contributed by atoms with van der Waals surface area (Å²) >= 11 is 1.67. The number of hydrogen-bond acceptors (Lipinski definition) is 5. The number of amides is 2. The van der Waals surface area contributed by atoms with Crippen LogP contribution < -0.4 is 0 Å². The van der Waals surface area contributed by atoms with Crippen LogP contribution in [0.3, 0.4) is 0 Å². The van der Waals surface area contributed by atoms with Gasteiger partial charge in [0.25, 0.3) is 0 Å². The molecular formula is C20H28N4O2S. The number of nitrogens with zero attached hydrogens (tertiary/aromatic N) is 4. The number of piperazine rings is 1. The van der Waals surface area contributed by atoms with Crippen molar-refractivity contribution in [1.29, 1.82) is 0 Å². The molecule has 2 aromatic rings. The molecule has 0 unspecified atom stereocenters. The summed E-state index contributed by atoms with van der Waals surface area (Å²) in [7, 11) is 0. The van der Waals surface area contributed by atoms with Crippen LogP contribution in [-0.2, 0) is 16.0 Å². The van der Waals surface area contributed by atoms with Gasteiger partial charge in [0.2, 0.25) is 11.8 Å². The van der Waals surface area contributed by atoms with Gasteiger partial charge in [0, 0.05) is 52.1 Å². The Balaban J connectivity index is 1.43. The zero-order chi connectivity index (χ0) is 19.2. The van der Waals surface area contributed by atoms with Crippen LogP contribution >= 0.6 is 11.3 Å². The van der Waals surface area contributed by atoms with E-state index in [9.17, 15) is 9.59 Å². The summed E-state index contributed by atoms with van der Waals surface area (Å²) in [5, 5.41) is 1.02. The van der Waals surface area contributed by atoms with Crippen LogP contribution in [-0.4, -0.2) is 77.3 Å². The van der Waals surface area contributed by atoms with Gasteiger partial charge in [-0.05, 0) is 26.0 Å². The second kappa shape index (κ2) is 9.28. The molecule has 0 N–H and O–H groups in total. The predicted molar refractivity (Wildman–Crippen MR) is 109 cm³/mol. The van der Waals surface area contributed by atoms with Crippen LogP contribution in [0.25, 0.3) is 10.2 Å². The molecule has 1 fully saturated rings. The summed E-state index contributed by atoms with van der Waals surface area (Å²) in [5.41, 5.74) is 1.01. The maximum atomic E-state index is 12.5. The lowest BCUT2D eigenvalue weighted by Crippen LogP contribution is -2.51. The zero-order valence-electron chi connectivity index (χ0n) is 16.2. The monoisotopic (exact) mass is 388 g/mol. The van der Waals surface area contributed by atoms with Gasteiger partial charge in [-0.25, -0.2) is 4.98 Å². The summed E-state index contributed by atoms with van der Waals surface area (Å²) in [5.74, 6) is 0.361. The zero-order valence-corrected chi connectivity index (χ0v) is 17.0. The Morgan fingerprint density at radius 3 is 2.48 bits per heavy atom. The first kappa shape index (κ1) is 19.8. The first-order valence-electron chi connectivity index (χ1n) is 9.73. The van der Waals surface area contributed by atoms with Crippen LogP contribution in [0.2, 0.25) is 0 Å². The van der Waals surface area contributed by atoms with Gasteiger partial charge in [-0.15, -0.1) is 11.3 Å². The highest BCUT2D eigenvalue weighted by Crippen LogP contribution is 2.22. The van der Waals surface area contributed by atoms with Crippen molar-refractivity contribution in [2.45, 2.75) is 26.7 Å². The molecule has 0 radical (unpaired) electrons. The van der Waals surface area contributed by atoms with Crippen molar-refractivity contribution < 1.29 is 9.59 Å². The van der Waals surface area contributed by atoms with Crippen molar-refractivity contribution in [3.8, 4) is 0 Å². The molecular weight excluding hydrogens is 360 g/mol. The second-order valence-electron chi connectivity index (χ2n) is 6.80. The quantitative estimate of drug-likeness (QED) is 0.730. The minimum atomic E-state index is 0.176. The van der Waals surface area contributed by atoms with Gasteiger partial charge in [0.1, 0.15) is 0 Å². The highest BCUT2D eigenvalue weighted by molar-refractivity contribution is 7.18. The lowest BCUT2D eigenvalue weighted by atomic mass is 10.2. The summed E-state index contributed by atoms with van der Waals surface area (Å²) in [6.45, 7) is 8.88. The number of aryl methyl sites for hydroxylation is 1. The number of fused-ring (bicyclic) bond motifs is 1. The highest BCUT2D eigenvalue weighted by Gasteiger charge is 2.23. The molecule has 27 heavy (non-hydrogen) atoms. The molecule has 0 bridgehead atoms. The Kier molecular flexibility index (Phi) is 6.79. The van der Waals surface area contributed by atoms with Gasteiger partial charge in [0.05, 0.1) is 21.8 Å². The third-order valence-corrected chi connectivity index (χ3v) is 6.19. The third-order valence-electron chi connectivity index (χ3n) is 5.09. The molecule has 0 saturated carbocycles. The van der Waals surface area contributed by atoms with E-state index in [0.29, 0.717) is 32.5 Å². The smallest absolute Gasteiger partial charge is 0.236 e. The molecule has 2 amide bonds. The van der Waals surface area contributed by atoms with Crippen LogP contribution in [0.4, 0.5) is 0 Å². The molecule has 1 aromatic carbocycles. The minimum Gasteiger partial charge on any atom is -0.342 e. The first-order chi connectivity index (χ1) is 13.1. The van der Waals surface area contributed by atoms with Crippen molar-refractivity contribution in [2.75, 3.05) is 45.8 Å². The van der Waals surface area contributed by atoms with Crippen LogP contribution in [0.15, 0.2) is 24.3 Å². The Labute approximate surface area is 164 Å². The maximum Gasteiger partial charge on any atom is 0.236 e. The van der Waals surface area contributed by atoms with E-state index in [2.05, 4.69) is 16.0 Å². The average Bonchev–Trinajstić information content (AvgIpc) is 3.10. The Bertz CT molecular complexity index is 746. The Morgan fingerprint density at radius 1 is 1.11 bits per heavy atom. The second-order valence-corrected chi connectivity index (χ2v) is 7.91. The molecule has 3 rings (SSSR count). The molecule has 1 saturated heterocycles. The number of likely N-dealkylation sites (N-methyl/N-ethyl adjacent to an activating group) is 1. The molecule has 1 aliphatic heterocycles. The van der Waals surface area contributed by atoms with E-state index in [1.807, 2.05) is 41.8 Å². The number of rotatable bonds is 7.